The van der Waals surface area contributed by atoms with Crippen molar-refractivity contribution in [3.8, 4) is 5.69 Å². The topological polar surface area (TPSA) is 136 Å². The van der Waals surface area contributed by atoms with Crippen LogP contribution < -0.4 is 0 Å². The van der Waals surface area contributed by atoms with Gasteiger partial charge in [0.15, 0.2) is 5.69 Å². The van der Waals surface area contributed by atoms with Crippen LogP contribution in [-0.2, 0) is 23.0 Å². The molecule has 11 heteroatoms. The number of sulfonamides is 1. The molecule has 0 atom stereocenters. The summed E-state index contributed by atoms with van der Waals surface area (Å²) in [7, 11) is -3.96. The molecule has 2 aromatic carbocycles. The van der Waals surface area contributed by atoms with Crippen LogP contribution in [0.4, 0.5) is 5.69 Å². The van der Waals surface area contributed by atoms with Crippen LogP contribution in [0.1, 0.15) is 21.7 Å². The molecular weight excluding hydrogens is 412 g/mol. The molecule has 10 nitrogen and oxygen atoms in total. The smallest absolute Gasteiger partial charge is 0.356 e. The van der Waals surface area contributed by atoms with Gasteiger partial charge in [-0.2, -0.15) is 9.40 Å². The summed E-state index contributed by atoms with van der Waals surface area (Å²) in [5.41, 5.74) is 1.26. The lowest BCUT2D eigenvalue weighted by Crippen LogP contribution is -2.36. The molecule has 0 aliphatic carbocycles. The van der Waals surface area contributed by atoms with E-state index in [0.717, 1.165) is 12.1 Å². The maximum atomic E-state index is 13.0. The lowest BCUT2D eigenvalue weighted by Gasteiger charge is -2.27. The van der Waals surface area contributed by atoms with Crippen molar-refractivity contribution in [3.63, 3.8) is 0 Å². The molecule has 0 radical (unpaired) electrons. The number of non-ortho nitro benzene ring substituents is 1. The highest BCUT2D eigenvalue weighted by molar-refractivity contribution is 7.89. The Hall–Kier alpha value is -3.57. The summed E-state index contributed by atoms with van der Waals surface area (Å²) in [6.45, 7) is -0.0208. The number of para-hydroxylation sites is 1. The van der Waals surface area contributed by atoms with Crippen LogP contribution in [0.5, 0.6) is 0 Å². The lowest BCUT2D eigenvalue weighted by atomic mass is 10.1. The number of carbonyl (C=O) groups is 1. The Labute approximate surface area is 171 Å². The number of nitrogens with zero attached hydrogens (tertiary/aromatic N) is 4. The van der Waals surface area contributed by atoms with Gasteiger partial charge >= 0.3 is 5.97 Å². The highest BCUT2D eigenvalue weighted by Crippen LogP contribution is 2.29. The van der Waals surface area contributed by atoms with E-state index in [1.807, 2.05) is 6.07 Å². The Morgan fingerprint density at radius 3 is 2.37 bits per heavy atom. The van der Waals surface area contributed by atoms with Crippen molar-refractivity contribution in [2.24, 2.45) is 0 Å². The number of hydrogen-bond acceptors (Lipinski definition) is 6. The third-order valence-electron chi connectivity index (χ3n) is 4.91. The van der Waals surface area contributed by atoms with Gasteiger partial charge in [-0.05, 0) is 24.3 Å². The summed E-state index contributed by atoms with van der Waals surface area (Å²) < 4.78 is 28.7. The molecule has 0 spiro atoms. The van der Waals surface area contributed by atoms with E-state index in [1.54, 1.807) is 24.3 Å². The predicted molar refractivity (Wildman–Crippen MR) is 105 cm³/mol. The molecule has 1 aromatic heterocycles. The molecule has 3 aromatic rings. The average Bonchev–Trinajstić information content (AvgIpc) is 3.13. The number of hydrogen-bond donors (Lipinski definition) is 1. The average molecular weight is 428 g/mol. The van der Waals surface area contributed by atoms with Gasteiger partial charge in [0.1, 0.15) is 0 Å². The second-order valence-electron chi connectivity index (χ2n) is 6.67. The van der Waals surface area contributed by atoms with Crippen molar-refractivity contribution < 1.29 is 23.2 Å². The fraction of sp³-hybridized carbons (Fsp3) is 0.158. The van der Waals surface area contributed by atoms with Crippen molar-refractivity contribution in [1.82, 2.24) is 14.1 Å². The summed E-state index contributed by atoms with van der Waals surface area (Å²) in [6.07, 6.45) is 0.275. The molecule has 0 saturated carbocycles. The summed E-state index contributed by atoms with van der Waals surface area (Å²) in [5, 5.41) is 24.6. The zero-order chi connectivity index (χ0) is 21.5. The fourth-order valence-electron chi connectivity index (χ4n) is 3.44. The fourth-order valence-corrected chi connectivity index (χ4v) is 4.85. The Bertz CT molecular complexity index is 1240. The quantitative estimate of drug-likeness (QED) is 0.486. The van der Waals surface area contributed by atoms with E-state index < -0.39 is 20.9 Å². The van der Waals surface area contributed by atoms with Gasteiger partial charge < -0.3 is 5.11 Å². The van der Waals surface area contributed by atoms with Crippen molar-refractivity contribution >= 4 is 21.7 Å². The van der Waals surface area contributed by atoms with E-state index in [1.165, 1.54) is 21.1 Å². The van der Waals surface area contributed by atoms with Gasteiger partial charge in [0.25, 0.3) is 5.69 Å². The summed E-state index contributed by atoms with van der Waals surface area (Å²) in [5.74, 6) is -1.24. The van der Waals surface area contributed by atoms with Gasteiger partial charge in [-0.15, -0.1) is 0 Å². The molecule has 30 heavy (non-hydrogen) atoms. The number of benzene rings is 2. The minimum absolute atomic E-state index is 0.0936. The standard InChI is InChI=1S/C19H16N4O6S/c24-19(25)18-16-12-21(30(28,29)15-8-6-14(7-9-15)23(26)27)11-10-17(16)22(20-18)13-4-2-1-3-5-13/h1-9H,10-12H2,(H,24,25). The zero-order valence-electron chi connectivity index (χ0n) is 15.5. The van der Waals surface area contributed by atoms with E-state index in [-0.39, 0.29) is 35.8 Å². The molecule has 1 aliphatic heterocycles. The molecule has 1 aliphatic rings. The van der Waals surface area contributed by atoms with E-state index in [2.05, 4.69) is 5.10 Å². The number of carboxylic acids is 1. The third kappa shape index (κ3) is 3.33. The predicted octanol–water partition coefficient (Wildman–Crippen LogP) is 2.23. The first kappa shape index (κ1) is 19.7. The van der Waals surface area contributed by atoms with Crippen LogP contribution >= 0.6 is 0 Å². The number of carboxylic acid groups (broad SMARTS) is 1. The summed E-state index contributed by atoms with van der Waals surface area (Å²) in [4.78, 5) is 21.8. The maximum absolute atomic E-state index is 13.0. The number of fused-ring (bicyclic) bond motifs is 1. The van der Waals surface area contributed by atoms with Crippen LogP contribution in [0.2, 0.25) is 0 Å². The SMILES string of the molecule is O=C(O)c1nn(-c2ccccc2)c2c1CN(S(=O)(=O)c1ccc([N+](=O)[O-])cc1)CC2. The number of nitro groups is 1. The van der Waals surface area contributed by atoms with E-state index in [4.69, 9.17) is 0 Å². The largest absolute Gasteiger partial charge is 0.476 e. The molecule has 0 bridgehead atoms. The van der Waals surface area contributed by atoms with E-state index >= 15 is 0 Å². The number of aromatic nitrogens is 2. The first-order valence-corrected chi connectivity index (χ1v) is 10.4. The monoisotopic (exact) mass is 428 g/mol. The lowest BCUT2D eigenvalue weighted by molar-refractivity contribution is -0.384. The number of nitro benzene ring substituents is 1. The minimum Gasteiger partial charge on any atom is -0.476 e. The molecular formula is C19H16N4O6S. The van der Waals surface area contributed by atoms with Gasteiger partial charge in [0, 0.05) is 37.2 Å². The molecule has 0 unspecified atom stereocenters. The first-order valence-electron chi connectivity index (χ1n) is 8.93. The van der Waals surface area contributed by atoms with Gasteiger partial charge in [-0.1, -0.05) is 18.2 Å². The number of rotatable bonds is 5. The van der Waals surface area contributed by atoms with Gasteiger partial charge in [-0.3, -0.25) is 10.1 Å². The molecule has 1 N–H and O–H groups in total. The Morgan fingerprint density at radius 2 is 1.77 bits per heavy atom. The van der Waals surface area contributed by atoms with Crippen LogP contribution in [0.15, 0.2) is 59.5 Å². The van der Waals surface area contributed by atoms with Crippen LogP contribution in [0.3, 0.4) is 0 Å². The van der Waals surface area contributed by atoms with Crippen molar-refractivity contribution in [3.05, 3.63) is 81.7 Å². The van der Waals surface area contributed by atoms with Gasteiger partial charge in [-0.25, -0.2) is 17.9 Å². The van der Waals surface area contributed by atoms with Crippen molar-refractivity contribution in [2.45, 2.75) is 17.9 Å². The van der Waals surface area contributed by atoms with E-state index in [9.17, 15) is 28.4 Å². The minimum atomic E-state index is -3.96. The second kappa shape index (κ2) is 7.35. The Balaban J connectivity index is 1.71. The summed E-state index contributed by atoms with van der Waals surface area (Å²) >= 11 is 0. The maximum Gasteiger partial charge on any atom is 0.356 e. The highest BCUT2D eigenvalue weighted by atomic mass is 32.2. The zero-order valence-corrected chi connectivity index (χ0v) is 16.3. The molecule has 0 amide bonds. The van der Waals surface area contributed by atoms with E-state index in [0.29, 0.717) is 16.9 Å². The van der Waals surface area contributed by atoms with Crippen LogP contribution in [0.25, 0.3) is 5.69 Å². The summed E-state index contributed by atoms with van der Waals surface area (Å²) in [6, 6.07) is 13.6. The van der Waals surface area contributed by atoms with Crippen molar-refractivity contribution in [2.75, 3.05) is 6.54 Å². The normalized spacial score (nSPS) is 14.3. The van der Waals surface area contributed by atoms with Crippen molar-refractivity contribution in [1.29, 1.82) is 0 Å². The van der Waals surface area contributed by atoms with Crippen LogP contribution in [-0.4, -0.2) is 45.0 Å². The van der Waals surface area contributed by atoms with Crippen LogP contribution in [0, 0.1) is 10.1 Å². The Kier molecular flexibility index (Phi) is 4.84. The Morgan fingerprint density at radius 1 is 1.10 bits per heavy atom. The molecule has 0 fully saturated rings. The molecule has 4 rings (SSSR count). The number of aromatic carboxylic acids is 1. The van der Waals surface area contributed by atoms with Gasteiger partial charge in [0.2, 0.25) is 10.0 Å². The molecule has 154 valence electrons. The first-order chi connectivity index (χ1) is 14.3. The highest BCUT2D eigenvalue weighted by Gasteiger charge is 2.34. The molecule has 2 heterocycles. The third-order valence-corrected chi connectivity index (χ3v) is 6.77. The van der Waals surface area contributed by atoms with Gasteiger partial charge in [0.05, 0.1) is 21.2 Å². The molecule has 0 saturated heterocycles. The second-order valence-corrected chi connectivity index (χ2v) is 8.60.